The summed E-state index contributed by atoms with van der Waals surface area (Å²) < 4.78 is 12.8. The SMILES string of the molecule is Clc1cc(I)ccc1NCc1cc2c(cc1Br)OCO2. The van der Waals surface area contributed by atoms with Gasteiger partial charge in [0, 0.05) is 14.6 Å². The van der Waals surface area contributed by atoms with E-state index in [1.54, 1.807) is 0 Å². The Morgan fingerprint density at radius 1 is 1.20 bits per heavy atom. The molecule has 0 amide bonds. The minimum atomic E-state index is 0.279. The van der Waals surface area contributed by atoms with E-state index in [9.17, 15) is 0 Å². The van der Waals surface area contributed by atoms with Crippen molar-refractivity contribution in [2.45, 2.75) is 6.54 Å². The maximum atomic E-state index is 6.21. The number of hydrogen-bond donors (Lipinski definition) is 1. The molecule has 1 aliphatic heterocycles. The first-order valence-corrected chi connectivity index (χ1v) is 8.15. The first-order chi connectivity index (χ1) is 9.63. The van der Waals surface area contributed by atoms with Crippen molar-refractivity contribution >= 4 is 55.8 Å². The number of fused-ring (bicyclic) bond motifs is 1. The number of ether oxygens (including phenoxy) is 2. The fourth-order valence-corrected chi connectivity index (χ4v) is 3.30. The Bertz CT molecular complexity index is 666. The van der Waals surface area contributed by atoms with Crippen LogP contribution < -0.4 is 14.8 Å². The fourth-order valence-electron chi connectivity index (χ4n) is 1.92. The second-order valence-corrected chi connectivity index (χ2v) is 6.78. The Morgan fingerprint density at radius 3 is 2.70 bits per heavy atom. The number of halogens is 3. The predicted molar refractivity (Wildman–Crippen MR) is 91.8 cm³/mol. The number of benzene rings is 2. The summed E-state index contributed by atoms with van der Waals surface area (Å²) in [5.74, 6) is 1.55. The second kappa shape index (κ2) is 5.99. The van der Waals surface area contributed by atoms with Crippen LogP contribution in [-0.2, 0) is 6.54 Å². The van der Waals surface area contributed by atoms with E-state index in [4.69, 9.17) is 21.1 Å². The van der Waals surface area contributed by atoms with Gasteiger partial charge in [-0.25, -0.2) is 0 Å². The average Bonchev–Trinajstić information content (AvgIpc) is 2.84. The van der Waals surface area contributed by atoms with Crippen molar-refractivity contribution < 1.29 is 9.47 Å². The van der Waals surface area contributed by atoms with Gasteiger partial charge in [0.2, 0.25) is 6.79 Å². The van der Waals surface area contributed by atoms with Crippen molar-refractivity contribution in [1.82, 2.24) is 0 Å². The van der Waals surface area contributed by atoms with Crippen LogP contribution >= 0.6 is 50.1 Å². The highest BCUT2D eigenvalue weighted by Gasteiger charge is 2.16. The van der Waals surface area contributed by atoms with E-state index in [-0.39, 0.29) is 6.79 Å². The van der Waals surface area contributed by atoms with Gasteiger partial charge in [-0.1, -0.05) is 27.5 Å². The van der Waals surface area contributed by atoms with E-state index >= 15 is 0 Å². The van der Waals surface area contributed by atoms with Gasteiger partial charge in [-0.2, -0.15) is 0 Å². The molecule has 2 aromatic rings. The van der Waals surface area contributed by atoms with Crippen molar-refractivity contribution in [2.75, 3.05) is 12.1 Å². The topological polar surface area (TPSA) is 30.5 Å². The van der Waals surface area contributed by atoms with Crippen LogP contribution in [0.15, 0.2) is 34.8 Å². The summed E-state index contributed by atoms with van der Waals surface area (Å²) in [5.41, 5.74) is 2.00. The molecule has 20 heavy (non-hydrogen) atoms. The summed E-state index contributed by atoms with van der Waals surface area (Å²) in [5, 5.41) is 4.04. The van der Waals surface area contributed by atoms with Crippen LogP contribution in [0.3, 0.4) is 0 Å². The standard InChI is InChI=1S/C14H10BrClINO2/c15-10-5-14-13(19-7-20-14)3-8(10)6-18-12-2-1-9(17)4-11(12)16/h1-5,18H,6-7H2. The van der Waals surface area contributed by atoms with Crippen molar-refractivity contribution in [1.29, 1.82) is 0 Å². The molecule has 0 saturated carbocycles. The molecule has 0 fully saturated rings. The molecule has 0 atom stereocenters. The van der Waals surface area contributed by atoms with E-state index in [1.165, 1.54) is 0 Å². The predicted octanol–water partition coefficient (Wildman–Crippen LogP) is 5.05. The molecule has 3 rings (SSSR count). The molecule has 0 unspecified atom stereocenters. The summed E-state index contributed by atoms with van der Waals surface area (Å²) in [7, 11) is 0. The van der Waals surface area contributed by atoms with Gasteiger partial charge in [0.05, 0.1) is 10.7 Å². The maximum absolute atomic E-state index is 6.21. The smallest absolute Gasteiger partial charge is 0.231 e. The monoisotopic (exact) mass is 465 g/mol. The molecule has 3 nitrogen and oxygen atoms in total. The van der Waals surface area contributed by atoms with E-state index in [0.29, 0.717) is 11.6 Å². The van der Waals surface area contributed by atoms with Gasteiger partial charge in [-0.3, -0.25) is 0 Å². The molecule has 0 radical (unpaired) electrons. The summed E-state index contributed by atoms with van der Waals surface area (Å²) in [6, 6.07) is 9.82. The third kappa shape index (κ3) is 2.99. The average molecular weight is 467 g/mol. The Labute approximate surface area is 143 Å². The molecule has 0 bridgehead atoms. The molecule has 1 N–H and O–H groups in total. The zero-order chi connectivity index (χ0) is 14.1. The lowest BCUT2D eigenvalue weighted by molar-refractivity contribution is 0.174. The number of rotatable bonds is 3. The van der Waals surface area contributed by atoms with Crippen LogP contribution in [0.5, 0.6) is 11.5 Å². The van der Waals surface area contributed by atoms with Gasteiger partial charge in [0.15, 0.2) is 11.5 Å². The van der Waals surface area contributed by atoms with Crippen LogP contribution in [0, 0.1) is 3.57 Å². The van der Waals surface area contributed by atoms with E-state index in [1.807, 2.05) is 30.3 Å². The Kier molecular flexibility index (Phi) is 4.28. The summed E-state index contributed by atoms with van der Waals surface area (Å²) in [6.45, 7) is 0.930. The molecule has 2 aromatic carbocycles. The van der Waals surface area contributed by atoms with Crippen LogP contribution in [0.2, 0.25) is 5.02 Å². The van der Waals surface area contributed by atoms with E-state index < -0.39 is 0 Å². The molecule has 6 heteroatoms. The second-order valence-electron chi connectivity index (χ2n) is 4.27. The quantitative estimate of drug-likeness (QED) is 0.643. The lowest BCUT2D eigenvalue weighted by atomic mass is 10.2. The molecule has 0 saturated heterocycles. The molecular weight excluding hydrogens is 456 g/mol. The molecule has 0 spiro atoms. The normalized spacial score (nSPS) is 12.6. The lowest BCUT2D eigenvalue weighted by Crippen LogP contribution is -2.01. The van der Waals surface area contributed by atoms with Crippen molar-refractivity contribution in [3.63, 3.8) is 0 Å². The van der Waals surface area contributed by atoms with Crippen LogP contribution in [-0.4, -0.2) is 6.79 Å². The molecule has 104 valence electrons. The van der Waals surface area contributed by atoms with Gasteiger partial charge in [-0.05, 0) is 58.5 Å². The maximum Gasteiger partial charge on any atom is 0.231 e. The highest BCUT2D eigenvalue weighted by molar-refractivity contribution is 14.1. The zero-order valence-electron chi connectivity index (χ0n) is 10.3. The molecule has 0 aliphatic carbocycles. The Balaban J connectivity index is 1.78. The number of anilines is 1. The fraction of sp³-hybridized carbons (Fsp3) is 0.143. The third-order valence-corrected chi connectivity index (χ3v) is 4.66. The van der Waals surface area contributed by atoms with Crippen LogP contribution in [0.1, 0.15) is 5.56 Å². The van der Waals surface area contributed by atoms with Gasteiger partial charge < -0.3 is 14.8 Å². The highest BCUT2D eigenvalue weighted by Crippen LogP contribution is 2.37. The third-order valence-electron chi connectivity index (χ3n) is 2.94. The molecule has 1 heterocycles. The Hall–Kier alpha value is -0.660. The van der Waals surface area contributed by atoms with Crippen molar-refractivity contribution in [2.24, 2.45) is 0 Å². The highest BCUT2D eigenvalue weighted by atomic mass is 127. The summed E-state index contributed by atoms with van der Waals surface area (Å²) in [4.78, 5) is 0. The molecular formula is C14H10BrClINO2. The van der Waals surface area contributed by atoms with Crippen molar-refractivity contribution in [3.05, 3.63) is 49.0 Å². The van der Waals surface area contributed by atoms with Crippen LogP contribution in [0.25, 0.3) is 0 Å². The van der Waals surface area contributed by atoms with Gasteiger partial charge in [-0.15, -0.1) is 0 Å². The number of hydrogen-bond acceptors (Lipinski definition) is 3. The van der Waals surface area contributed by atoms with Gasteiger partial charge in [0.1, 0.15) is 0 Å². The van der Waals surface area contributed by atoms with E-state index in [2.05, 4.69) is 43.8 Å². The van der Waals surface area contributed by atoms with Crippen LogP contribution in [0.4, 0.5) is 5.69 Å². The summed E-state index contributed by atoms with van der Waals surface area (Å²) in [6.07, 6.45) is 0. The number of nitrogens with one attached hydrogen (secondary N) is 1. The van der Waals surface area contributed by atoms with Gasteiger partial charge in [0.25, 0.3) is 0 Å². The summed E-state index contributed by atoms with van der Waals surface area (Å²) >= 11 is 12.0. The largest absolute Gasteiger partial charge is 0.454 e. The molecule has 1 aliphatic rings. The minimum absolute atomic E-state index is 0.279. The van der Waals surface area contributed by atoms with Gasteiger partial charge >= 0.3 is 0 Å². The first kappa shape index (κ1) is 14.3. The van der Waals surface area contributed by atoms with E-state index in [0.717, 1.165) is 30.8 Å². The zero-order valence-corrected chi connectivity index (χ0v) is 14.8. The minimum Gasteiger partial charge on any atom is -0.454 e. The van der Waals surface area contributed by atoms with Crippen molar-refractivity contribution in [3.8, 4) is 11.5 Å². The Morgan fingerprint density at radius 2 is 1.95 bits per heavy atom. The lowest BCUT2D eigenvalue weighted by Gasteiger charge is -2.11. The first-order valence-electron chi connectivity index (χ1n) is 5.90. The molecule has 0 aromatic heterocycles.